The fourth-order valence-corrected chi connectivity index (χ4v) is 5.27. The van der Waals surface area contributed by atoms with Gasteiger partial charge in [-0.3, -0.25) is 4.90 Å². The molecule has 2 heteroatoms. The van der Waals surface area contributed by atoms with E-state index in [1.165, 1.54) is 47.8 Å². The Morgan fingerprint density at radius 3 is 2.36 bits per heavy atom. The van der Waals surface area contributed by atoms with E-state index in [1.54, 1.807) is 5.56 Å². The average molecular weight is 374 g/mol. The number of aryl methyl sites for hydroxylation is 1. The molecule has 1 N–H and O–H groups in total. The van der Waals surface area contributed by atoms with Gasteiger partial charge in [0.2, 0.25) is 0 Å². The number of nitrogens with zero attached hydrogens (tertiary/aromatic N) is 1. The standard InChI is InChI=1S/C26H33N2/c1-4-5-13-23-22-14-9-10-15-24(22)27-25(23)20-16-18-26(19-17-20,28(2)3)21-11-7-6-8-12-21/h6-12,14-15,20,27H,1,4-5,13,16-19H2,2-3H3. The number of nitrogens with one attached hydrogen (secondary N) is 1. The third-order valence-corrected chi connectivity index (χ3v) is 6.91. The first-order chi connectivity index (χ1) is 13.7. The summed E-state index contributed by atoms with van der Waals surface area (Å²) in [5, 5.41) is 1.42. The maximum absolute atomic E-state index is 4.06. The van der Waals surface area contributed by atoms with E-state index in [4.69, 9.17) is 0 Å². The van der Waals surface area contributed by atoms with Crippen molar-refractivity contribution in [2.75, 3.05) is 14.1 Å². The van der Waals surface area contributed by atoms with Crippen molar-refractivity contribution < 1.29 is 0 Å². The summed E-state index contributed by atoms with van der Waals surface area (Å²) in [4.78, 5) is 6.26. The van der Waals surface area contributed by atoms with E-state index in [-0.39, 0.29) is 5.54 Å². The van der Waals surface area contributed by atoms with Crippen LogP contribution in [0.4, 0.5) is 0 Å². The molecule has 0 atom stereocenters. The van der Waals surface area contributed by atoms with Crippen LogP contribution in [0.2, 0.25) is 0 Å². The number of unbranched alkanes of at least 4 members (excludes halogenated alkanes) is 1. The molecule has 1 saturated carbocycles. The number of aromatic nitrogens is 1. The summed E-state index contributed by atoms with van der Waals surface area (Å²) in [7, 11) is 4.49. The van der Waals surface area contributed by atoms with Gasteiger partial charge in [-0.2, -0.15) is 0 Å². The van der Waals surface area contributed by atoms with E-state index in [0.29, 0.717) is 5.92 Å². The number of benzene rings is 2. The predicted octanol–water partition coefficient (Wildman–Crippen LogP) is 6.44. The average Bonchev–Trinajstić information content (AvgIpc) is 3.11. The Morgan fingerprint density at radius 2 is 1.68 bits per heavy atom. The highest BCUT2D eigenvalue weighted by Gasteiger charge is 2.39. The van der Waals surface area contributed by atoms with Crippen molar-refractivity contribution in [1.29, 1.82) is 0 Å². The number of fused-ring (bicyclic) bond motifs is 1. The first-order valence-electron chi connectivity index (χ1n) is 10.8. The van der Waals surface area contributed by atoms with Crippen molar-refractivity contribution in [3.05, 3.63) is 78.3 Å². The molecule has 2 nitrogen and oxygen atoms in total. The molecular weight excluding hydrogens is 340 g/mol. The first-order valence-corrected chi connectivity index (χ1v) is 10.8. The number of H-pyrrole nitrogens is 1. The maximum atomic E-state index is 4.06. The molecular formula is C26H33N2. The molecule has 1 fully saturated rings. The second-order valence-electron chi connectivity index (χ2n) is 8.59. The summed E-state index contributed by atoms with van der Waals surface area (Å²) in [5.41, 5.74) is 5.96. The monoisotopic (exact) mass is 373 g/mol. The Balaban J connectivity index is 1.63. The van der Waals surface area contributed by atoms with E-state index in [9.17, 15) is 0 Å². The molecule has 0 amide bonds. The van der Waals surface area contributed by atoms with Gasteiger partial charge in [-0.25, -0.2) is 0 Å². The van der Waals surface area contributed by atoms with Crippen LogP contribution in [-0.2, 0) is 12.0 Å². The summed E-state index contributed by atoms with van der Waals surface area (Å²) in [5.74, 6) is 0.629. The van der Waals surface area contributed by atoms with Crippen LogP contribution in [0.15, 0.2) is 54.6 Å². The van der Waals surface area contributed by atoms with Gasteiger partial charge >= 0.3 is 0 Å². The van der Waals surface area contributed by atoms with Gasteiger partial charge in [0, 0.05) is 22.1 Å². The van der Waals surface area contributed by atoms with Crippen LogP contribution in [0.3, 0.4) is 0 Å². The molecule has 1 aromatic heterocycles. The van der Waals surface area contributed by atoms with E-state index in [2.05, 4.69) is 85.5 Å². The molecule has 1 aliphatic carbocycles. The van der Waals surface area contributed by atoms with Crippen molar-refractivity contribution in [2.45, 2.75) is 56.4 Å². The van der Waals surface area contributed by atoms with Crippen molar-refractivity contribution >= 4 is 10.9 Å². The second kappa shape index (κ2) is 8.13. The molecule has 0 saturated heterocycles. The van der Waals surface area contributed by atoms with Crippen molar-refractivity contribution in [2.24, 2.45) is 0 Å². The summed E-state index contributed by atoms with van der Waals surface area (Å²) in [6, 6.07) is 19.9. The molecule has 0 spiro atoms. The van der Waals surface area contributed by atoms with Crippen LogP contribution < -0.4 is 0 Å². The second-order valence-corrected chi connectivity index (χ2v) is 8.59. The number of hydrogen-bond acceptors (Lipinski definition) is 1. The van der Waals surface area contributed by atoms with Crippen LogP contribution in [0.5, 0.6) is 0 Å². The van der Waals surface area contributed by atoms with Crippen molar-refractivity contribution in [3.8, 4) is 0 Å². The summed E-state index contributed by atoms with van der Waals surface area (Å²) in [6.45, 7) is 4.06. The molecule has 2 aromatic carbocycles. The first kappa shape index (κ1) is 19.3. The van der Waals surface area contributed by atoms with E-state index < -0.39 is 0 Å². The highest BCUT2D eigenvalue weighted by Crippen LogP contribution is 2.47. The highest BCUT2D eigenvalue weighted by atomic mass is 15.1. The van der Waals surface area contributed by atoms with Crippen LogP contribution in [0.1, 0.15) is 61.3 Å². The van der Waals surface area contributed by atoms with Gasteiger partial charge in [0.05, 0.1) is 0 Å². The predicted molar refractivity (Wildman–Crippen MR) is 120 cm³/mol. The Bertz CT molecular complexity index is 899. The Hall–Kier alpha value is -2.06. The van der Waals surface area contributed by atoms with Gasteiger partial charge in [-0.1, -0.05) is 61.9 Å². The fourth-order valence-electron chi connectivity index (χ4n) is 5.27. The summed E-state index contributed by atoms with van der Waals surface area (Å²) in [6.07, 6.45) is 8.18. The van der Waals surface area contributed by atoms with Gasteiger partial charge in [0.15, 0.2) is 0 Å². The zero-order valence-electron chi connectivity index (χ0n) is 17.4. The molecule has 3 aromatic rings. The molecule has 1 heterocycles. The molecule has 1 radical (unpaired) electrons. The van der Waals surface area contributed by atoms with Crippen LogP contribution >= 0.6 is 0 Å². The highest BCUT2D eigenvalue weighted by molar-refractivity contribution is 5.84. The summed E-state index contributed by atoms with van der Waals surface area (Å²) >= 11 is 0. The molecule has 1 aliphatic rings. The Labute approximate surface area is 170 Å². The zero-order valence-corrected chi connectivity index (χ0v) is 17.4. The zero-order chi connectivity index (χ0) is 19.6. The number of aromatic amines is 1. The SMILES string of the molecule is [CH2]CCCc1c(C2CCC(c3ccccc3)(N(C)C)CC2)[nH]c2ccccc12. The minimum atomic E-state index is 0.164. The van der Waals surface area contributed by atoms with E-state index in [1.807, 2.05) is 0 Å². The van der Waals surface area contributed by atoms with Gasteiger partial charge in [0.25, 0.3) is 0 Å². The maximum Gasteiger partial charge on any atom is 0.0459 e. The van der Waals surface area contributed by atoms with Gasteiger partial charge in [0.1, 0.15) is 0 Å². The number of para-hydroxylation sites is 1. The Kier molecular flexibility index (Phi) is 5.59. The van der Waals surface area contributed by atoms with Crippen molar-refractivity contribution in [1.82, 2.24) is 9.88 Å². The lowest BCUT2D eigenvalue weighted by molar-refractivity contribution is 0.0903. The lowest BCUT2D eigenvalue weighted by Gasteiger charge is -2.45. The molecule has 28 heavy (non-hydrogen) atoms. The lowest BCUT2D eigenvalue weighted by Crippen LogP contribution is -2.44. The molecule has 0 aliphatic heterocycles. The quantitative estimate of drug-likeness (QED) is 0.527. The third kappa shape index (κ3) is 3.39. The Morgan fingerprint density at radius 1 is 1.00 bits per heavy atom. The number of rotatable bonds is 6. The minimum Gasteiger partial charge on any atom is -0.358 e. The topological polar surface area (TPSA) is 19.0 Å². The smallest absolute Gasteiger partial charge is 0.0459 e. The van der Waals surface area contributed by atoms with Crippen LogP contribution in [-0.4, -0.2) is 24.0 Å². The normalized spacial score (nSPS) is 22.8. The molecule has 4 rings (SSSR count). The molecule has 147 valence electrons. The third-order valence-electron chi connectivity index (χ3n) is 6.91. The number of hydrogen-bond donors (Lipinski definition) is 1. The van der Waals surface area contributed by atoms with E-state index in [0.717, 1.165) is 19.3 Å². The largest absolute Gasteiger partial charge is 0.358 e. The fraction of sp³-hybridized carbons (Fsp3) is 0.423. The molecule has 0 bridgehead atoms. The molecule has 0 unspecified atom stereocenters. The summed E-state index contributed by atoms with van der Waals surface area (Å²) < 4.78 is 0. The van der Waals surface area contributed by atoms with Gasteiger partial charge in [-0.05, 0) is 75.7 Å². The van der Waals surface area contributed by atoms with Crippen molar-refractivity contribution in [3.63, 3.8) is 0 Å². The van der Waals surface area contributed by atoms with E-state index >= 15 is 0 Å². The van der Waals surface area contributed by atoms with Crippen LogP contribution in [0, 0.1) is 6.92 Å². The van der Waals surface area contributed by atoms with Gasteiger partial charge in [-0.15, -0.1) is 0 Å². The van der Waals surface area contributed by atoms with Crippen LogP contribution in [0.25, 0.3) is 10.9 Å². The lowest BCUT2D eigenvalue weighted by atomic mass is 9.70. The van der Waals surface area contributed by atoms with Gasteiger partial charge < -0.3 is 4.98 Å². The minimum absolute atomic E-state index is 0.164.